The number of aromatic nitrogens is 1. The highest BCUT2D eigenvalue weighted by atomic mass is 19.4. The van der Waals surface area contributed by atoms with Crippen molar-refractivity contribution in [1.29, 1.82) is 5.26 Å². The van der Waals surface area contributed by atoms with E-state index >= 15 is 0 Å². The van der Waals surface area contributed by atoms with E-state index in [-0.39, 0.29) is 5.56 Å². The van der Waals surface area contributed by atoms with Crippen LogP contribution in [0.4, 0.5) is 13.2 Å². The summed E-state index contributed by atoms with van der Waals surface area (Å²) in [7, 11) is 0. The smallest absolute Gasteiger partial charge is 0.386 e. The van der Waals surface area contributed by atoms with Crippen LogP contribution in [0.3, 0.4) is 0 Å². The lowest BCUT2D eigenvalue weighted by atomic mass is 10.2. The summed E-state index contributed by atoms with van der Waals surface area (Å²) in [5.74, 6) is -0.708. The molecule has 14 heavy (non-hydrogen) atoms. The molecule has 1 aromatic rings. The molecule has 0 aliphatic carbocycles. The first-order valence-electron chi connectivity index (χ1n) is 3.55. The van der Waals surface area contributed by atoms with E-state index in [0.717, 1.165) is 6.20 Å². The molecule has 74 valence electrons. The fraction of sp³-hybridized carbons (Fsp3) is 0.250. The summed E-state index contributed by atoms with van der Waals surface area (Å²) >= 11 is 0. The average molecular weight is 202 g/mol. The van der Waals surface area contributed by atoms with Crippen LogP contribution in [0.2, 0.25) is 0 Å². The molecule has 1 heterocycles. The minimum absolute atomic E-state index is 0.204. The third kappa shape index (κ3) is 2.36. The van der Waals surface area contributed by atoms with Crippen LogP contribution in [-0.4, -0.2) is 11.3 Å². The normalized spacial score (nSPS) is 10.8. The zero-order valence-electron chi connectivity index (χ0n) is 7.09. The van der Waals surface area contributed by atoms with Gasteiger partial charge in [0.25, 0.3) is 0 Å². The van der Waals surface area contributed by atoms with E-state index in [9.17, 15) is 13.2 Å². The average Bonchev–Trinajstić information content (AvgIpc) is 2.01. The van der Waals surface area contributed by atoms with Crippen molar-refractivity contribution >= 4 is 0 Å². The van der Waals surface area contributed by atoms with E-state index in [2.05, 4.69) is 9.72 Å². The molecule has 0 atom stereocenters. The maximum atomic E-state index is 11.8. The molecule has 0 N–H and O–H groups in total. The summed E-state index contributed by atoms with van der Waals surface area (Å²) in [6, 6.07) is 3.03. The van der Waals surface area contributed by atoms with Crippen molar-refractivity contribution in [2.24, 2.45) is 0 Å². The Kier molecular flexibility index (Phi) is 2.60. The van der Waals surface area contributed by atoms with Crippen LogP contribution in [0.25, 0.3) is 0 Å². The highest BCUT2D eigenvalue weighted by Gasteiger charge is 2.33. The van der Waals surface area contributed by atoms with Gasteiger partial charge in [-0.2, -0.15) is 5.26 Å². The van der Waals surface area contributed by atoms with Gasteiger partial charge in [0.05, 0.1) is 0 Å². The Bertz CT molecular complexity index is 381. The Morgan fingerprint density at radius 3 is 2.64 bits per heavy atom. The number of halogens is 3. The third-order valence-corrected chi connectivity index (χ3v) is 1.45. The van der Waals surface area contributed by atoms with E-state index in [1.807, 2.05) is 0 Å². The summed E-state index contributed by atoms with van der Waals surface area (Å²) in [5.41, 5.74) is 0.187. The first-order chi connectivity index (χ1) is 6.44. The van der Waals surface area contributed by atoms with Gasteiger partial charge in [0.1, 0.15) is 11.6 Å². The van der Waals surface area contributed by atoms with Gasteiger partial charge in [-0.05, 0) is 18.6 Å². The van der Waals surface area contributed by atoms with Gasteiger partial charge >= 0.3 is 6.36 Å². The Labute approximate surface area is 77.7 Å². The number of aryl methyl sites for hydroxylation is 1. The Morgan fingerprint density at radius 2 is 2.14 bits per heavy atom. The molecule has 0 unspecified atom stereocenters. The minimum Gasteiger partial charge on any atom is -0.386 e. The van der Waals surface area contributed by atoms with Gasteiger partial charge in [-0.3, -0.25) is 0 Å². The molecular formula is C8H5F3N2O. The second kappa shape index (κ2) is 3.54. The Balaban J connectivity index is 3.10. The predicted molar refractivity (Wildman–Crippen MR) is 40.4 cm³/mol. The van der Waals surface area contributed by atoms with Crippen LogP contribution in [0.15, 0.2) is 12.3 Å². The number of rotatable bonds is 1. The zero-order chi connectivity index (χ0) is 10.8. The van der Waals surface area contributed by atoms with E-state index in [0.29, 0.717) is 5.56 Å². The zero-order valence-corrected chi connectivity index (χ0v) is 7.09. The summed E-state index contributed by atoms with van der Waals surface area (Å²) in [5, 5.41) is 8.56. The molecule has 0 spiro atoms. The fourth-order valence-corrected chi connectivity index (χ4v) is 0.856. The van der Waals surface area contributed by atoms with Crippen LogP contribution in [0, 0.1) is 18.3 Å². The van der Waals surface area contributed by atoms with Gasteiger partial charge < -0.3 is 4.74 Å². The quantitative estimate of drug-likeness (QED) is 0.700. The van der Waals surface area contributed by atoms with E-state index in [1.54, 1.807) is 6.07 Å². The minimum atomic E-state index is -4.83. The van der Waals surface area contributed by atoms with E-state index in [4.69, 9.17) is 5.26 Å². The largest absolute Gasteiger partial charge is 0.574 e. The molecule has 0 amide bonds. The molecular weight excluding hydrogens is 197 g/mol. The SMILES string of the molecule is Cc1ccnc(OC(F)(F)F)c1C#N. The summed E-state index contributed by atoms with van der Waals surface area (Å²) < 4.78 is 39.0. The Morgan fingerprint density at radius 1 is 1.50 bits per heavy atom. The van der Waals surface area contributed by atoms with Crippen molar-refractivity contribution in [3.8, 4) is 11.9 Å². The number of pyridine rings is 1. The lowest BCUT2D eigenvalue weighted by molar-refractivity contribution is -0.276. The first kappa shape index (κ1) is 10.3. The molecule has 0 aliphatic heterocycles. The number of hydrogen-bond donors (Lipinski definition) is 0. The second-order valence-corrected chi connectivity index (χ2v) is 2.47. The molecule has 0 saturated carbocycles. The van der Waals surface area contributed by atoms with Crippen molar-refractivity contribution in [1.82, 2.24) is 4.98 Å². The van der Waals surface area contributed by atoms with Crippen molar-refractivity contribution < 1.29 is 17.9 Å². The van der Waals surface area contributed by atoms with Crippen LogP contribution in [0.5, 0.6) is 5.88 Å². The van der Waals surface area contributed by atoms with Gasteiger partial charge in [-0.25, -0.2) is 4.98 Å². The molecule has 0 radical (unpaired) electrons. The van der Waals surface area contributed by atoms with E-state index < -0.39 is 12.2 Å². The number of alkyl halides is 3. The molecule has 0 bridgehead atoms. The lowest BCUT2D eigenvalue weighted by Gasteiger charge is -2.09. The maximum Gasteiger partial charge on any atom is 0.574 e. The highest BCUT2D eigenvalue weighted by molar-refractivity contribution is 5.43. The number of hydrogen-bond acceptors (Lipinski definition) is 3. The Hall–Kier alpha value is -1.77. The molecule has 1 rings (SSSR count). The highest BCUT2D eigenvalue weighted by Crippen LogP contribution is 2.25. The van der Waals surface area contributed by atoms with Crippen LogP contribution >= 0.6 is 0 Å². The molecule has 3 nitrogen and oxygen atoms in total. The van der Waals surface area contributed by atoms with Crippen LogP contribution in [-0.2, 0) is 0 Å². The van der Waals surface area contributed by atoms with Crippen LogP contribution in [0.1, 0.15) is 11.1 Å². The van der Waals surface area contributed by atoms with Crippen molar-refractivity contribution in [2.45, 2.75) is 13.3 Å². The molecule has 1 aromatic heterocycles. The molecule has 0 saturated heterocycles. The van der Waals surface area contributed by atoms with Gasteiger partial charge in [0, 0.05) is 6.20 Å². The number of nitrogens with zero attached hydrogens (tertiary/aromatic N) is 2. The second-order valence-electron chi connectivity index (χ2n) is 2.47. The number of ether oxygens (including phenoxy) is 1. The monoisotopic (exact) mass is 202 g/mol. The molecule has 6 heteroatoms. The van der Waals surface area contributed by atoms with Crippen molar-refractivity contribution in [3.05, 3.63) is 23.4 Å². The topological polar surface area (TPSA) is 45.9 Å². The lowest BCUT2D eigenvalue weighted by Crippen LogP contribution is -2.18. The van der Waals surface area contributed by atoms with Crippen molar-refractivity contribution in [2.75, 3.05) is 0 Å². The standard InChI is InChI=1S/C8H5F3N2O/c1-5-2-3-13-7(6(5)4-12)14-8(9,10)11/h2-3H,1H3. The van der Waals surface area contributed by atoms with Gasteiger partial charge in [0.2, 0.25) is 5.88 Å². The van der Waals surface area contributed by atoms with Crippen molar-refractivity contribution in [3.63, 3.8) is 0 Å². The summed E-state index contributed by atoms with van der Waals surface area (Å²) in [4.78, 5) is 3.33. The summed E-state index contributed by atoms with van der Waals surface area (Å²) in [6.45, 7) is 1.50. The molecule has 0 aliphatic rings. The van der Waals surface area contributed by atoms with Gasteiger partial charge in [0.15, 0.2) is 0 Å². The fourth-order valence-electron chi connectivity index (χ4n) is 0.856. The first-order valence-corrected chi connectivity index (χ1v) is 3.55. The third-order valence-electron chi connectivity index (χ3n) is 1.45. The maximum absolute atomic E-state index is 11.8. The molecule has 0 fully saturated rings. The van der Waals surface area contributed by atoms with E-state index in [1.165, 1.54) is 13.0 Å². The van der Waals surface area contributed by atoms with Crippen LogP contribution < -0.4 is 4.74 Å². The van der Waals surface area contributed by atoms with Gasteiger partial charge in [-0.15, -0.1) is 13.2 Å². The molecule has 0 aromatic carbocycles. The summed E-state index contributed by atoms with van der Waals surface area (Å²) in [6.07, 6.45) is -3.68. The number of nitriles is 1. The van der Waals surface area contributed by atoms with Gasteiger partial charge in [-0.1, -0.05) is 0 Å². The predicted octanol–water partition coefficient (Wildman–Crippen LogP) is 2.16.